The fourth-order valence-corrected chi connectivity index (χ4v) is 5.32. The first-order valence-corrected chi connectivity index (χ1v) is 14.6. The first kappa shape index (κ1) is 32.2. The molecule has 3 aromatic rings. The molecule has 43 heavy (non-hydrogen) atoms. The van der Waals surface area contributed by atoms with E-state index in [0.29, 0.717) is 36.2 Å². The summed E-state index contributed by atoms with van der Waals surface area (Å²) in [6, 6.07) is 10.1. The van der Waals surface area contributed by atoms with Gasteiger partial charge in [0.05, 0.1) is 18.2 Å². The molecule has 2 aromatic heterocycles. The van der Waals surface area contributed by atoms with Crippen LogP contribution in [0.3, 0.4) is 0 Å². The van der Waals surface area contributed by atoms with Gasteiger partial charge in [0, 0.05) is 30.7 Å². The highest BCUT2D eigenvalue weighted by Crippen LogP contribution is 2.41. The van der Waals surface area contributed by atoms with E-state index in [1.807, 2.05) is 37.8 Å². The Labute approximate surface area is 253 Å². The monoisotopic (exact) mass is 619 g/mol. The highest BCUT2D eigenvalue weighted by atomic mass is 32.2. The molecule has 1 saturated heterocycles. The summed E-state index contributed by atoms with van der Waals surface area (Å²) in [5.74, 6) is 1.28. The molecule has 13 heteroatoms. The Bertz CT molecular complexity index is 1390. The number of nitrogens with one attached hydrogen (secondary N) is 1. The summed E-state index contributed by atoms with van der Waals surface area (Å²) in [5.41, 5.74) is -0.874. The van der Waals surface area contributed by atoms with Crippen molar-refractivity contribution in [3.8, 4) is 11.6 Å². The fraction of sp³-hybridized carbons (Fsp3) is 0.467. The lowest BCUT2D eigenvalue weighted by molar-refractivity contribution is -0.143. The zero-order valence-electron chi connectivity index (χ0n) is 24.8. The molecule has 0 aliphatic carbocycles. The smallest absolute Gasteiger partial charge is 0.434 e. The van der Waals surface area contributed by atoms with Crippen LogP contribution < -0.4 is 19.7 Å². The molecule has 0 bridgehead atoms. The number of piperidine rings is 1. The zero-order valence-corrected chi connectivity index (χ0v) is 25.6. The number of alkyl carbamates (subject to hydrolysis) is 1. The number of amides is 1. The molecular weight excluding hydrogens is 583 g/mol. The minimum absolute atomic E-state index is 0.0770. The van der Waals surface area contributed by atoms with E-state index < -0.39 is 23.6 Å². The minimum atomic E-state index is -4.62. The summed E-state index contributed by atoms with van der Waals surface area (Å²) in [6.07, 6.45) is -0.950. The zero-order chi connectivity index (χ0) is 31.3. The number of hydrogen-bond acceptors (Lipinski definition) is 9. The summed E-state index contributed by atoms with van der Waals surface area (Å²) in [5, 5.41) is 2.87. The third-order valence-corrected chi connectivity index (χ3v) is 7.86. The van der Waals surface area contributed by atoms with Gasteiger partial charge in [0.1, 0.15) is 18.0 Å². The van der Waals surface area contributed by atoms with Crippen LogP contribution in [0, 0.1) is 5.41 Å². The number of methoxy groups -OCH3 is 1. The number of halogens is 3. The molecule has 1 aliphatic heterocycles. The quantitative estimate of drug-likeness (QED) is 0.279. The second-order valence-electron chi connectivity index (χ2n) is 11.6. The fourth-order valence-electron chi connectivity index (χ4n) is 4.37. The maximum Gasteiger partial charge on any atom is 0.434 e. The van der Waals surface area contributed by atoms with E-state index >= 15 is 0 Å². The van der Waals surface area contributed by atoms with E-state index in [2.05, 4.69) is 27.2 Å². The van der Waals surface area contributed by atoms with Crippen LogP contribution >= 0.6 is 11.8 Å². The largest absolute Gasteiger partial charge is 0.497 e. The number of benzene rings is 1. The Balaban J connectivity index is 1.51. The lowest BCUT2D eigenvalue weighted by atomic mass is 9.80. The Kier molecular flexibility index (Phi) is 9.93. The number of carbonyl (C=O) groups excluding carboxylic acids is 1. The number of carbonyl (C=O) groups is 1. The average Bonchev–Trinajstić information content (AvgIpc) is 2.95. The summed E-state index contributed by atoms with van der Waals surface area (Å²) in [6.45, 7) is 9.41. The van der Waals surface area contributed by atoms with Crippen molar-refractivity contribution in [2.45, 2.75) is 68.7 Å². The van der Waals surface area contributed by atoms with E-state index in [-0.39, 0.29) is 22.8 Å². The minimum Gasteiger partial charge on any atom is -0.497 e. The third-order valence-electron chi connectivity index (χ3n) is 6.82. The summed E-state index contributed by atoms with van der Waals surface area (Å²) in [4.78, 5) is 27.1. The van der Waals surface area contributed by atoms with Gasteiger partial charge in [-0.1, -0.05) is 30.8 Å². The van der Waals surface area contributed by atoms with Gasteiger partial charge in [-0.2, -0.15) is 18.2 Å². The van der Waals surface area contributed by atoms with Gasteiger partial charge in [0.25, 0.3) is 0 Å². The Hall–Kier alpha value is -3.74. The van der Waals surface area contributed by atoms with Crippen molar-refractivity contribution in [1.82, 2.24) is 20.3 Å². The number of alkyl halides is 3. The third kappa shape index (κ3) is 9.12. The lowest BCUT2D eigenvalue weighted by Gasteiger charge is -2.39. The number of hydrogen-bond donors (Lipinski definition) is 1. The summed E-state index contributed by atoms with van der Waals surface area (Å²) >= 11 is 0.854. The van der Waals surface area contributed by atoms with Crippen LogP contribution in [-0.4, -0.2) is 53.4 Å². The molecule has 1 aliphatic rings. The van der Waals surface area contributed by atoms with Gasteiger partial charge in [0.15, 0.2) is 5.69 Å². The molecule has 4 rings (SSSR count). The number of nitrogens with zero attached hydrogens (tertiary/aromatic N) is 4. The second-order valence-corrected chi connectivity index (χ2v) is 12.7. The highest BCUT2D eigenvalue weighted by Gasteiger charge is 2.36. The van der Waals surface area contributed by atoms with Gasteiger partial charge >= 0.3 is 12.3 Å². The molecule has 0 saturated carbocycles. The van der Waals surface area contributed by atoms with Gasteiger partial charge in [-0.25, -0.2) is 9.78 Å². The van der Waals surface area contributed by atoms with E-state index in [1.165, 1.54) is 18.3 Å². The van der Waals surface area contributed by atoms with Crippen molar-refractivity contribution in [2.24, 2.45) is 5.41 Å². The van der Waals surface area contributed by atoms with Crippen molar-refractivity contribution in [2.75, 3.05) is 31.6 Å². The van der Waals surface area contributed by atoms with Crippen LogP contribution in [0.25, 0.3) is 0 Å². The lowest BCUT2D eigenvalue weighted by Crippen LogP contribution is -2.46. The molecular formula is C30H36F3N5O4S. The van der Waals surface area contributed by atoms with E-state index in [0.717, 1.165) is 36.4 Å². The van der Waals surface area contributed by atoms with E-state index in [1.54, 1.807) is 19.2 Å². The average molecular weight is 620 g/mol. The maximum atomic E-state index is 13.6. The molecule has 232 valence electrons. The van der Waals surface area contributed by atoms with Crippen molar-refractivity contribution in [1.29, 1.82) is 0 Å². The Morgan fingerprint density at radius 1 is 1.07 bits per heavy atom. The molecule has 1 N–H and O–H groups in total. The molecule has 0 unspecified atom stereocenters. The van der Waals surface area contributed by atoms with Gasteiger partial charge < -0.3 is 24.4 Å². The topological polar surface area (TPSA) is 98.7 Å². The van der Waals surface area contributed by atoms with Crippen LogP contribution in [0.4, 0.5) is 23.9 Å². The normalized spacial score (nSPS) is 15.1. The van der Waals surface area contributed by atoms with Crippen LogP contribution in [0.5, 0.6) is 11.6 Å². The number of aromatic nitrogens is 3. The molecule has 0 atom stereocenters. The first-order valence-electron chi connectivity index (χ1n) is 13.8. The number of pyridine rings is 1. The predicted octanol–water partition coefficient (Wildman–Crippen LogP) is 6.76. The standard InChI is InChI=1S/C30H36F3N5O4S/c1-28(2,3)42-27(39)36-19-29(4)12-15-38(16-13-29)26-35-17-23(43-22-7-6-14-34-24(22)30(31,32)33)25(37-26)41-18-20-8-10-21(40-5)11-9-20/h6-11,14,17H,12-13,15-16,18-19H2,1-5H3,(H,36,39). The Morgan fingerprint density at radius 2 is 1.77 bits per heavy atom. The number of ether oxygens (including phenoxy) is 3. The Morgan fingerprint density at radius 3 is 2.40 bits per heavy atom. The second kappa shape index (κ2) is 13.3. The first-order chi connectivity index (χ1) is 20.2. The summed E-state index contributed by atoms with van der Waals surface area (Å²) in [7, 11) is 1.58. The van der Waals surface area contributed by atoms with Gasteiger partial charge in [-0.3, -0.25) is 4.98 Å². The number of anilines is 1. The van der Waals surface area contributed by atoms with Gasteiger partial charge in [-0.05, 0) is 68.9 Å². The van der Waals surface area contributed by atoms with Crippen LogP contribution in [0.1, 0.15) is 51.8 Å². The molecule has 1 aromatic carbocycles. The van der Waals surface area contributed by atoms with Crippen molar-refractivity contribution in [3.63, 3.8) is 0 Å². The van der Waals surface area contributed by atoms with Crippen LogP contribution in [-0.2, 0) is 17.5 Å². The van der Waals surface area contributed by atoms with Crippen molar-refractivity contribution in [3.05, 3.63) is 60.0 Å². The van der Waals surface area contributed by atoms with Crippen molar-refractivity contribution < 1.29 is 32.2 Å². The van der Waals surface area contributed by atoms with Crippen LogP contribution in [0.15, 0.2) is 58.6 Å². The maximum absolute atomic E-state index is 13.6. The number of rotatable bonds is 9. The highest BCUT2D eigenvalue weighted by molar-refractivity contribution is 7.99. The van der Waals surface area contributed by atoms with Crippen LogP contribution in [0.2, 0.25) is 0 Å². The summed E-state index contributed by atoms with van der Waals surface area (Å²) < 4.78 is 57.5. The van der Waals surface area contributed by atoms with E-state index in [9.17, 15) is 18.0 Å². The molecule has 3 heterocycles. The molecule has 1 fully saturated rings. The van der Waals surface area contributed by atoms with Gasteiger partial charge in [-0.15, -0.1) is 0 Å². The molecule has 9 nitrogen and oxygen atoms in total. The SMILES string of the molecule is COc1ccc(COc2nc(N3CCC(C)(CNC(=O)OC(C)(C)C)CC3)ncc2Sc2cccnc2C(F)(F)F)cc1. The predicted molar refractivity (Wildman–Crippen MR) is 157 cm³/mol. The van der Waals surface area contributed by atoms with Gasteiger partial charge in [0.2, 0.25) is 11.8 Å². The van der Waals surface area contributed by atoms with Crippen molar-refractivity contribution >= 4 is 23.8 Å². The molecule has 0 radical (unpaired) electrons. The molecule has 0 spiro atoms. The van der Waals surface area contributed by atoms with E-state index in [4.69, 9.17) is 14.2 Å². The molecule has 1 amide bonds.